The van der Waals surface area contributed by atoms with E-state index in [9.17, 15) is 24.5 Å². The summed E-state index contributed by atoms with van der Waals surface area (Å²) < 4.78 is 4.96. The lowest BCUT2D eigenvalue weighted by Gasteiger charge is -2.14. The number of imide groups is 1. The lowest BCUT2D eigenvalue weighted by molar-refractivity contribution is -0.385. The smallest absolute Gasteiger partial charge is 0.335 e. The zero-order valence-electron chi connectivity index (χ0n) is 12.7. The van der Waals surface area contributed by atoms with Gasteiger partial charge in [0.05, 0.1) is 16.2 Å². The predicted octanol–water partition coefficient (Wildman–Crippen LogP) is 2.49. The van der Waals surface area contributed by atoms with Crippen molar-refractivity contribution in [2.45, 2.75) is 0 Å². The van der Waals surface area contributed by atoms with Crippen molar-refractivity contribution in [2.75, 3.05) is 4.90 Å². The van der Waals surface area contributed by atoms with Gasteiger partial charge in [-0.2, -0.15) is 0 Å². The zero-order chi connectivity index (χ0) is 18.1. The summed E-state index contributed by atoms with van der Waals surface area (Å²) in [4.78, 5) is 47.6. The van der Waals surface area contributed by atoms with Gasteiger partial charge in [-0.1, -0.05) is 18.7 Å². The molecule has 0 saturated heterocycles. The summed E-state index contributed by atoms with van der Waals surface area (Å²) in [6, 6.07) is 9.58. The molecule has 124 valence electrons. The van der Waals surface area contributed by atoms with E-state index in [2.05, 4.69) is 6.58 Å². The monoisotopic (exact) mass is 338 g/mol. The summed E-state index contributed by atoms with van der Waals surface area (Å²) in [5.41, 5.74) is -0.610. The minimum absolute atomic E-state index is 0.0484. The van der Waals surface area contributed by atoms with E-state index in [1.807, 2.05) is 0 Å². The Morgan fingerprint density at radius 1 is 1.16 bits per heavy atom. The Hall–Kier alpha value is -3.81. The highest BCUT2D eigenvalue weighted by Crippen LogP contribution is 2.34. The molecule has 0 aliphatic carbocycles. The van der Waals surface area contributed by atoms with Crippen molar-refractivity contribution in [1.29, 1.82) is 0 Å². The summed E-state index contributed by atoms with van der Waals surface area (Å²) in [5.74, 6) is -2.08. The van der Waals surface area contributed by atoms with Crippen molar-refractivity contribution >= 4 is 29.2 Å². The van der Waals surface area contributed by atoms with Gasteiger partial charge in [0.1, 0.15) is 11.3 Å². The van der Waals surface area contributed by atoms with Crippen LogP contribution < -0.4 is 9.64 Å². The number of nitrogens with zero attached hydrogens (tertiary/aromatic N) is 2. The van der Waals surface area contributed by atoms with Crippen LogP contribution in [0.25, 0.3) is 0 Å². The third-order valence-corrected chi connectivity index (χ3v) is 3.55. The Balaban J connectivity index is 2.04. The van der Waals surface area contributed by atoms with Crippen LogP contribution in [0.2, 0.25) is 0 Å². The second-order valence-corrected chi connectivity index (χ2v) is 5.03. The molecule has 8 nitrogen and oxygen atoms in total. The topological polar surface area (TPSA) is 107 Å². The maximum atomic E-state index is 12.6. The van der Waals surface area contributed by atoms with E-state index < -0.39 is 28.4 Å². The molecule has 0 fully saturated rings. The number of carbonyl (C=O) groups is 3. The van der Waals surface area contributed by atoms with Crippen LogP contribution in [0.5, 0.6) is 5.75 Å². The molecule has 0 saturated carbocycles. The number of hydrogen-bond donors (Lipinski definition) is 0. The number of hydrogen-bond acceptors (Lipinski definition) is 6. The number of ether oxygens (including phenoxy) is 1. The molecule has 2 amide bonds. The number of nitro groups is 1. The predicted molar refractivity (Wildman–Crippen MR) is 86.5 cm³/mol. The number of fused-ring (bicyclic) bond motifs is 1. The van der Waals surface area contributed by atoms with Crippen LogP contribution in [0, 0.1) is 10.1 Å². The Morgan fingerprint density at radius 3 is 2.56 bits per heavy atom. The van der Waals surface area contributed by atoms with Gasteiger partial charge in [0.15, 0.2) is 0 Å². The highest BCUT2D eigenvalue weighted by atomic mass is 16.6. The summed E-state index contributed by atoms with van der Waals surface area (Å²) in [6.07, 6.45) is 0.970. The van der Waals surface area contributed by atoms with Crippen LogP contribution in [0.1, 0.15) is 20.7 Å². The Bertz CT molecular complexity index is 950. The first-order valence-electron chi connectivity index (χ1n) is 7.04. The van der Waals surface area contributed by atoms with Crippen LogP contribution in [0.4, 0.5) is 11.4 Å². The van der Waals surface area contributed by atoms with E-state index in [4.69, 9.17) is 4.74 Å². The van der Waals surface area contributed by atoms with Gasteiger partial charge in [-0.25, -0.2) is 9.69 Å². The first-order chi connectivity index (χ1) is 11.9. The van der Waals surface area contributed by atoms with Crippen LogP contribution in [0.15, 0.2) is 55.1 Å². The van der Waals surface area contributed by atoms with E-state index in [1.165, 1.54) is 36.4 Å². The number of nitro benzene ring substituents is 1. The number of benzene rings is 2. The first-order valence-corrected chi connectivity index (χ1v) is 7.04. The maximum Gasteiger partial charge on any atom is 0.335 e. The number of amides is 2. The average Bonchev–Trinajstić information content (AvgIpc) is 2.86. The molecule has 8 heteroatoms. The van der Waals surface area contributed by atoms with Gasteiger partial charge in [-0.3, -0.25) is 19.7 Å². The van der Waals surface area contributed by atoms with E-state index in [-0.39, 0.29) is 22.6 Å². The van der Waals surface area contributed by atoms with Crippen molar-refractivity contribution in [2.24, 2.45) is 0 Å². The van der Waals surface area contributed by atoms with Crippen molar-refractivity contribution < 1.29 is 24.0 Å². The van der Waals surface area contributed by atoms with Crippen molar-refractivity contribution in [3.05, 3.63) is 76.4 Å². The molecule has 1 heterocycles. The Kier molecular flexibility index (Phi) is 3.86. The van der Waals surface area contributed by atoms with E-state index in [0.29, 0.717) is 0 Å². The Morgan fingerprint density at radius 2 is 1.88 bits per heavy atom. The molecular weight excluding hydrogens is 328 g/mol. The molecule has 0 atom stereocenters. The molecule has 0 N–H and O–H groups in total. The third-order valence-electron chi connectivity index (χ3n) is 3.55. The minimum Gasteiger partial charge on any atom is -0.423 e. The fourth-order valence-electron chi connectivity index (χ4n) is 2.50. The van der Waals surface area contributed by atoms with Crippen molar-refractivity contribution in [1.82, 2.24) is 0 Å². The van der Waals surface area contributed by atoms with Gasteiger partial charge in [0.25, 0.3) is 17.5 Å². The quantitative estimate of drug-likeness (QED) is 0.212. The highest BCUT2D eigenvalue weighted by molar-refractivity contribution is 6.35. The van der Waals surface area contributed by atoms with Gasteiger partial charge in [-0.05, 0) is 18.2 Å². The summed E-state index contributed by atoms with van der Waals surface area (Å²) in [5, 5.41) is 11.1. The summed E-state index contributed by atoms with van der Waals surface area (Å²) in [7, 11) is 0. The standard InChI is InChI=1S/C17H10N2O6/c1-2-14(20)25-11-6-3-5-10(9-11)18-16(21)12-7-4-8-13(19(23)24)15(12)17(18)22/h2-9H,1H2. The molecule has 0 aromatic heterocycles. The molecule has 1 aliphatic heterocycles. The summed E-state index contributed by atoms with van der Waals surface area (Å²) >= 11 is 0. The molecule has 0 bridgehead atoms. The van der Waals surface area contributed by atoms with Gasteiger partial charge in [0, 0.05) is 18.2 Å². The van der Waals surface area contributed by atoms with E-state index in [1.54, 1.807) is 0 Å². The second kappa shape index (κ2) is 6.00. The molecule has 2 aromatic carbocycles. The van der Waals surface area contributed by atoms with Gasteiger partial charge < -0.3 is 4.74 Å². The summed E-state index contributed by atoms with van der Waals surface area (Å²) in [6.45, 7) is 3.28. The molecule has 25 heavy (non-hydrogen) atoms. The largest absolute Gasteiger partial charge is 0.423 e. The fraction of sp³-hybridized carbons (Fsp3) is 0. The van der Waals surface area contributed by atoms with Gasteiger partial charge >= 0.3 is 5.97 Å². The molecule has 0 spiro atoms. The maximum absolute atomic E-state index is 12.6. The number of rotatable bonds is 4. The van der Waals surface area contributed by atoms with Crippen LogP contribution in [-0.2, 0) is 4.79 Å². The van der Waals surface area contributed by atoms with Crippen LogP contribution in [-0.4, -0.2) is 22.7 Å². The lowest BCUT2D eigenvalue weighted by atomic mass is 10.1. The van der Waals surface area contributed by atoms with Crippen LogP contribution >= 0.6 is 0 Å². The number of esters is 1. The molecule has 0 unspecified atom stereocenters. The third kappa shape index (κ3) is 2.65. The van der Waals surface area contributed by atoms with E-state index >= 15 is 0 Å². The molecule has 1 aliphatic rings. The fourth-order valence-corrected chi connectivity index (χ4v) is 2.50. The normalized spacial score (nSPS) is 12.7. The second-order valence-electron chi connectivity index (χ2n) is 5.03. The zero-order valence-corrected chi connectivity index (χ0v) is 12.7. The molecule has 3 rings (SSSR count). The average molecular weight is 338 g/mol. The minimum atomic E-state index is -0.806. The van der Waals surface area contributed by atoms with Gasteiger partial charge in [-0.15, -0.1) is 0 Å². The number of carbonyl (C=O) groups excluding carboxylic acids is 3. The van der Waals surface area contributed by atoms with Gasteiger partial charge in [0.2, 0.25) is 0 Å². The lowest BCUT2D eigenvalue weighted by Crippen LogP contribution is -2.29. The SMILES string of the molecule is C=CC(=O)Oc1cccc(N2C(=O)c3cccc([N+](=O)[O-])c3C2=O)c1. The van der Waals surface area contributed by atoms with Crippen molar-refractivity contribution in [3.8, 4) is 5.75 Å². The molecule has 2 aromatic rings. The first kappa shape index (κ1) is 16.1. The van der Waals surface area contributed by atoms with E-state index in [0.717, 1.165) is 17.0 Å². The highest BCUT2D eigenvalue weighted by Gasteiger charge is 2.41. The Labute approximate surface area is 141 Å². The van der Waals surface area contributed by atoms with Crippen molar-refractivity contribution in [3.63, 3.8) is 0 Å². The molecular formula is C17H10N2O6. The van der Waals surface area contributed by atoms with Crippen LogP contribution in [0.3, 0.4) is 0 Å². The number of anilines is 1. The molecule has 0 radical (unpaired) electrons.